The van der Waals surface area contributed by atoms with Crippen molar-refractivity contribution in [1.29, 1.82) is 0 Å². The summed E-state index contributed by atoms with van der Waals surface area (Å²) in [5, 5.41) is 4.45. The van der Waals surface area contributed by atoms with Gasteiger partial charge in [0, 0.05) is 17.2 Å². The van der Waals surface area contributed by atoms with Crippen molar-refractivity contribution in [3.63, 3.8) is 0 Å². The van der Waals surface area contributed by atoms with Gasteiger partial charge < -0.3 is 5.32 Å². The molecule has 0 saturated carbocycles. The molecule has 1 heterocycles. The molecule has 0 atom stereocenters. The maximum Gasteiger partial charge on any atom is 0.161 e. The fourth-order valence-electron chi connectivity index (χ4n) is 1.40. The first-order valence-corrected chi connectivity index (χ1v) is 7.18. The molecule has 0 fully saturated rings. The molecule has 1 aliphatic heterocycles. The summed E-state index contributed by atoms with van der Waals surface area (Å²) in [5.41, 5.74) is 1.16. The molecular weight excluding hydrogens is 224 g/mol. The van der Waals surface area contributed by atoms with E-state index in [-0.39, 0.29) is 0 Å². The highest BCUT2D eigenvalue weighted by Crippen LogP contribution is 2.26. The first-order valence-electron chi connectivity index (χ1n) is 4.97. The van der Waals surface area contributed by atoms with Crippen LogP contribution >= 0.6 is 23.5 Å². The van der Waals surface area contributed by atoms with Gasteiger partial charge in [0.1, 0.15) is 0 Å². The molecule has 4 heteroatoms. The summed E-state index contributed by atoms with van der Waals surface area (Å²) < 4.78 is 0. The number of amidine groups is 1. The highest BCUT2D eigenvalue weighted by molar-refractivity contribution is 8.14. The second-order valence-corrected chi connectivity index (χ2v) is 5.15. The maximum absolute atomic E-state index is 4.46. The molecule has 0 unspecified atom stereocenters. The van der Waals surface area contributed by atoms with Crippen LogP contribution in [0.25, 0.3) is 0 Å². The molecule has 1 N–H and O–H groups in total. The van der Waals surface area contributed by atoms with Crippen molar-refractivity contribution in [1.82, 2.24) is 0 Å². The second kappa shape index (κ2) is 5.47. The Morgan fingerprint density at radius 2 is 2.27 bits per heavy atom. The van der Waals surface area contributed by atoms with Gasteiger partial charge in [0.15, 0.2) is 5.17 Å². The van der Waals surface area contributed by atoms with E-state index in [1.54, 1.807) is 23.5 Å². The fraction of sp³-hybridized carbons (Fsp3) is 0.364. The highest BCUT2D eigenvalue weighted by atomic mass is 32.2. The number of nitrogens with one attached hydrogen (secondary N) is 1. The number of benzene rings is 1. The van der Waals surface area contributed by atoms with Gasteiger partial charge in [0.05, 0.1) is 5.69 Å². The number of thioether (sulfide) groups is 2. The van der Waals surface area contributed by atoms with Gasteiger partial charge in [0.25, 0.3) is 0 Å². The lowest BCUT2D eigenvalue weighted by Crippen LogP contribution is -2.13. The zero-order valence-corrected chi connectivity index (χ0v) is 10.3. The van der Waals surface area contributed by atoms with Crippen LogP contribution in [0.15, 0.2) is 34.2 Å². The van der Waals surface area contributed by atoms with E-state index in [9.17, 15) is 0 Å². The van der Waals surface area contributed by atoms with Crippen molar-refractivity contribution in [3.8, 4) is 0 Å². The molecule has 2 rings (SSSR count). The smallest absolute Gasteiger partial charge is 0.161 e. The van der Waals surface area contributed by atoms with E-state index < -0.39 is 0 Å². The number of hydrogen-bond acceptors (Lipinski definition) is 4. The lowest BCUT2D eigenvalue weighted by Gasteiger charge is -2.15. The van der Waals surface area contributed by atoms with Crippen molar-refractivity contribution < 1.29 is 0 Å². The summed E-state index contributed by atoms with van der Waals surface area (Å²) in [6.07, 6.45) is 3.29. The van der Waals surface area contributed by atoms with Crippen LogP contribution < -0.4 is 5.32 Å². The van der Waals surface area contributed by atoms with Crippen LogP contribution in [0.4, 0.5) is 5.69 Å². The molecule has 1 aliphatic rings. The van der Waals surface area contributed by atoms with E-state index in [1.807, 2.05) is 0 Å². The van der Waals surface area contributed by atoms with Crippen LogP contribution in [0, 0.1) is 0 Å². The Bertz CT molecular complexity index is 363. The van der Waals surface area contributed by atoms with Crippen LogP contribution in [-0.2, 0) is 0 Å². The van der Waals surface area contributed by atoms with Gasteiger partial charge in [-0.05, 0) is 24.8 Å². The molecule has 0 spiro atoms. The number of nitrogens with zero attached hydrogens (tertiary/aromatic N) is 1. The minimum Gasteiger partial charge on any atom is -0.334 e. The average molecular weight is 238 g/mol. The lowest BCUT2D eigenvalue weighted by atomic mass is 10.3. The Balaban J connectivity index is 2.12. The molecule has 0 amide bonds. The molecule has 80 valence electrons. The fourth-order valence-corrected chi connectivity index (χ4v) is 2.78. The zero-order valence-electron chi connectivity index (χ0n) is 8.69. The first-order chi connectivity index (χ1) is 7.40. The van der Waals surface area contributed by atoms with E-state index >= 15 is 0 Å². The van der Waals surface area contributed by atoms with Crippen LogP contribution in [-0.4, -0.2) is 23.7 Å². The van der Waals surface area contributed by atoms with E-state index in [2.05, 4.69) is 40.8 Å². The topological polar surface area (TPSA) is 24.4 Å². The number of para-hydroxylation sites is 1. The van der Waals surface area contributed by atoms with Crippen molar-refractivity contribution in [2.75, 3.05) is 23.9 Å². The van der Waals surface area contributed by atoms with Crippen LogP contribution in [0.3, 0.4) is 0 Å². The molecule has 0 bridgehead atoms. The van der Waals surface area contributed by atoms with Gasteiger partial charge in [0.2, 0.25) is 0 Å². The van der Waals surface area contributed by atoms with Gasteiger partial charge in [-0.2, -0.15) is 0 Å². The van der Waals surface area contributed by atoms with Crippen LogP contribution in [0.5, 0.6) is 0 Å². The van der Waals surface area contributed by atoms with Crippen molar-refractivity contribution in [3.05, 3.63) is 24.3 Å². The van der Waals surface area contributed by atoms with E-state index in [0.717, 1.165) is 17.4 Å². The predicted molar refractivity (Wildman–Crippen MR) is 71.2 cm³/mol. The van der Waals surface area contributed by atoms with Crippen molar-refractivity contribution >= 4 is 34.4 Å². The molecule has 2 nitrogen and oxygen atoms in total. The minimum atomic E-state index is 0.955. The summed E-state index contributed by atoms with van der Waals surface area (Å²) in [6.45, 7) is 0.955. The Morgan fingerprint density at radius 1 is 1.40 bits per heavy atom. The Morgan fingerprint density at radius 3 is 3.00 bits per heavy atom. The average Bonchev–Trinajstić information content (AvgIpc) is 2.31. The van der Waals surface area contributed by atoms with Gasteiger partial charge in [-0.1, -0.05) is 23.9 Å². The second-order valence-electron chi connectivity index (χ2n) is 3.21. The number of aliphatic imine (C=N–C) groups is 1. The van der Waals surface area contributed by atoms with Gasteiger partial charge in [-0.3, -0.25) is 4.99 Å². The largest absolute Gasteiger partial charge is 0.334 e. The molecule has 0 aliphatic carbocycles. The summed E-state index contributed by atoms with van der Waals surface area (Å²) in [4.78, 5) is 5.73. The molecule has 1 aromatic carbocycles. The maximum atomic E-state index is 4.46. The number of rotatable bonds is 2. The van der Waals surface area contributed by atoms with E-state index in [1.165, 1.54) is 17.1 Å². The van der Waals surface area contributed by atoms with Crippen molar-refractivity contribution in [2.45, 2.75) is 11.3 Å². The molecular formula is C11H14N2S2. The third-order valence-electron chi connectivity index (χ3n) is 2.15. The Kier molecular flexibility index (Phi) is 3.97. The normalized spacial score (nSPS) is 15.9. The zero-order chi connectivity index (χ0) is 10.5. The quantitative estimate of drug-likeness (QED) is 0.800. The minimum absolute atomic E-state index is 0.955. The molecule has 15 heavy (non-hydrogen) atoms. The lowest BCUT2D eigenvalue weighted by molar-refractivity contribution is 0.938. The third kappa shape index (κ3) is 2.92. The van der Waals surface area contributed by atoms with E-state index in [0.29, 0.717) is 0 Å². The van der Waals surface area contributed by atoms with Gasteiger partial charge in [-0.15, -0.1) is 11.8 Å². The Hall–Kier alpha value is -0.610. The van der Waals surface area contributed by atoms with Gasteiger partial charge >= 0.3 is 0 Å². The monoisotopic (exact) mass is 238 g/mol. The highest BCUT2D eigenvalue weighted by Gasteiger charge is 2.07. The molecule has 0 radical (unpaired) electrons. The van der Waals surface area contributed by atoms with Crippen molar-refractivity contribution in [2.24, 2.45) is 4.99 Å². The molecule has 1 aromatic rings. The molecule has 0 aromatic heterocycles. The van der Waals surface area contributed by atoms with Gasteiger partial charge in [-0.25, -0.2) is 0 Å². The third-order valence-corrected chi connectivity index (χ3v) is 3.94. The number of hydrogen-bond donors (Lipinski definition) is 1. The summed E-state index contributed by atoms with van der Waals surface area (Å²) >= 11 is 3.56. The first kappa shape index (κ1) is 10.9. The summed E-state index contributed by atoms with van der Waals surface area (Å²) in [6, 6.07) is 8.34. The standard InChI is InChI=1S/C11H14N2S2/c1-14-10-6-3-2-5-9(10)13-11-12-7-4-8-15-11/h2-3,5-6H,4,7-8H2,1H3,(H,12,13). The number of anilines is 1. The summed E-state index contributed by atoms with van der Waals surface area (Å²) in [7, 11) is 0. The van der Waals surface area contributed by atoms with Crippen LogP contribution in [0.1, 0.15) is 6.42 Å². The Labute approximate surface area is 98.9 Å². The SMILES string of the molecule is CSc1ccccc1NC1=NCCCS1. The predicted octanol–water partition coefficient (Wildman–Crippen LogP) is 3.31. The van der Waals surface area contributed by atoms with Crippen LogP contribution in [0.2, 0.25) is 0 Å². The summed E-state index contributed by atoms with van der Waals surface area (Å²) in [5.74, 6) is 1.17. The van der Waals surface area contributed by atoms with E-state index in [4.69, 9.17) is 0 Å². The molecule has 0 saturated heterocycles.